The standard InChI is InChI=1S/C14H19N7/c1-10(2)11-8-12-14(16-6-7-21(12)20-11)15-5-3-4-13-17-9-18-19-13/h6-10H,3-5H2,1-2H3,(H,15,16)(H,17,18,19). The molecule has 7 nitrogen and oxygen atoms in total. The maximum absolute atomic E-state index is 4.56. The third-order valence-corrected chi connectivity index (χ3v) is 3.35. The van der Waals surface area contributed by atoms with Gasteiger partial charge in [-0.1, -0.05) is 13.8 Å². The van der Waals surface area contributed by atoms with E-state index < -0.39 is 0 Å². The van der Waals surface area contributed by atoms with Crippen LogP contribution in [0.25, 0.3) is 5.52 Å². The van der Waals surface area contributed by atoms with Crippen LogP contribution in [0.15, 0.2) is 24.8 Å². The molecular formula is C14H19N7. The Bertz CT molecular complexity index is 699. The van der Waals surface area contributed by atoms with Gasteiger partial charge in [-0.25, -0.2) is 14.5 Å². The third-order valence-electron chi connectivity index (χ3n) is 3.35. The summed E-state index contributed by atoms with van der Waals surface area (Å²) in [5.74, 6) is 2.19. The first-order chi connectivity index (χ1) is 10.2. The SMILES string of the molecule is CC(C)c1cc2c(NCCCc3ncn[nH]3)nccn2n1. The normalized spacial score (nSPS) is 11.4. The Morgan fingerprint density at radius 1 is 1.33 bits per heavy atom. The van der Waals surface area contributed by atoms with E-state index in [2.05, 4.69) is 50.5 Å². The van der Waals surface area contributed by atoms with E-state index in [-0.39, 0.29) is 0 Å². The molecule has 0 aliphatic heterocycles. The second-order valence-corrected chi connectivity index (χ2v) is 5.29. The van der Waals surface area contributed by atoms with Crippen molar-refractivity contribution in [2.75, 3.05) is 11.9 Å². The highest BCUT2D eigenvalue weighted by Gasteiger charge is 2.09. The number of H-pyrrole nitrogens is 1. The minimum Gasteiger partial charge on any atom is -0.368 e. The van der Waals surface area contributed by atoms with Crippen LogP contribution in [0.2, 0.25) is 0 Å². The largest absolute Gasteiger partial charge is 0.368 e. The van der Waals surface area contributed by atoms with Crippen LogP contribution in [0.1, 0.15) is 37.7 Å². The number of nitrogens with zero attached hydrogens (tertiary/aromatic N) is 5. The minimum atomic E-state index is 0.407. The predicted octanol–water partition coefficient (Wildman–Crippen LogP) is 2.02. The molecule has 0 aliphatic rings. The van der Waals surface area contributed by atoms with Gasteiger partial charge in [0.2, 0.25) is 0 Å². The molecule has 0 atom stereocenters. The Balaban J connectivity index is 1.66. The fourth-order valence-electron chi connectivity index (χ4n) is 2.17. The molecule has 3 heterocycles. The summed E-state index contributed by atoms with van der Waals surface area (Å²) in [7, 11) is 0. The van der Waals surface area contributed by atoms with Crippen molar-refractivity contribution >= 4 is 11.3 Å². The van der Waals surface area contributed by atoms with Gasteiger partial charge in [-0.3, -0.25) is 5.10 Å². The summed E-state index contributed by atoms with van der Waals surface area (Å²) in [4.78, 5) is 8.52. The summed E-state index contributed by atoms with van der Waals surface area (Å²) in [6.07, 6.45) is 7.00. The lowest BCUT2D eigenvalue weighted by molar-refractivity contribution is 0.785. The average molecular weight is 285 g/mol. The number of aromatic nitrogens is 6. The molecule has 0 bridgehead atoms. The Hall–Kier alpha value is -2.44. The van der Waals surface area contributed by atoms with Crippen molar-refractivity contribution in [3.63, 3.8) is 0 Å². The Labute approximate surface area is 122 Å². The fraction of sp³-hybridized carbons (Fsp3) is 0.429. The van der Waals surface area contributed by atoms with E-state index in [0.717, 1.165) is 42.2 Å². The van der Waals surface area contributed by atoms with Crippen molar-refractivity contribution in [3.05, 3.63) is 36.3 Å². The molecule has 0 unspecified atom stereocenters. The number of anilines is 1. The smallest absolute Gasteiger partial charge is 0.152 e. The van der Waals surface area contributed by atoms with Crippen molar-refractivity contribution in [2.24, 2.45) is 0 Å². The number of hydrogen-bond donors (Lipinski definition) is 2. The molecule has 110 valence electrons. The van der Waals surface area contributed by atoms with Gasteiger partial charge in [0.05, 0.1) is 5.69 Å². The first-order valence-electron chi connectivity index (χ1n) is 7.16. The zero-order chi connectivity index (χ0) is 14.7. The maximum atomic E-state index is 4.56. The molecule has 21 heavy (non-hydrogen) atoms. The molecule has 0 fully saturated rings. The molecular weight excluding hydrogens is 266 g/mol. The van der Waals surface area contributed by atoms with Crippen LogP contribution in [0, 0.1) is 0 Å². The number of fused-ring (bicyclic) bond motifs is 1. The molecule has 3 rings (SSSR count). The number of aromatic amines is 1. The molecule has 0 amide bonds. The van der Waals surface area contributed by atoms with Gasteiger partial charge < -0.3 is 5.32 Å². The van der Waals surface area contributed by atoms with Crippen LogP contribution in [0.3, 0.4) is 0 Å². The zero-order valence-corrected chi connectivity index (χ0v) is 12.2. The molecule has 0 saturated heterocycles. The molecule has 0 spiro atoms. The number of aryl methyl sites for hydroxylation is 1. The summed E-state index contributed by atoms with van der Waals surface area (Å²) < 4.78 is 1.88. The number of hydrogen-bond acceptors (Lipinski definition) is 5. The van der Waals surface area contributed by atoms with E-state index in [1.807, 2.05) is 10.7 Å². The van der Waals surface area contributed by atoms with Crippen LogP contribution in [0.4, 0.5) is 5.82 Å². The summed E-state index contributed by atoms with van der Waals surface area (Å²) in [6.45, 7) is 5.11. The van der Waals surface area contributed by atoms with Gasteiger partial charge in [0.25, 0.3) is 0 Å². The Morgan fingerprint density at radius 2 is 2.24 bits per heavy atom. The number of nitrogens with one attached hydrogen (secondary N) is 2. The monoisotopic (exact) mass is 285 g/mol. The van der Waals surface area contributed by atoms with Crippen LogP contribution in [-0.2, 0) is 6.42 Å². The van der Waals surface area contributed by atoms with Crippen LogP contribution < -0.4 is 5.32 Å². The highest BCUT2D eigenvalue weighted by molar-refractivity contribution is 5.67. The van der Waals surface area contributed by atoms with Crippen molar-refractivity contribution in [1.29, 1.82) is 0 Å². The van der Waals surface area contributed by atoms with Gasteiger partial charge in [-0.2, -0.15) is 10.2 Å². The molecule has 2 N–H and O–H groups in total. The van der Waals surface area contributed by atoms with Crippen LogP contribution in [0.5, 0.6) is 0 Å². The molecule has 0 aliphatic carbocycles. The molecule has 7 heteroatoms. The maximum Gasteiger partial charge on any atom is 0.152 e. The Morgan fingerprint density at radius 3 is 3.00 bits per heavy atom. The lowest BCUT2D eigenvalue weighted by Gasteiger charge is -2.05. The second kappa shape index (κ2) is 5.90. The van der Waals surface area contributed by atoms with Gasteiger partial charge in [0, 0.05) is 25.4 Å². The van der Waals surface area contributed by atoms with Gasteiger partial charge in [-0.15, -0.1) is 0 Å². The Kier molecular flexibility index (Phi) is 3.81. The molecule has 0 saturated carbocycles. The van der Waals surface area contributed by atoms with Crippen LogP contribution in [-0.4, -0.2) is 36.3 Å². The predicted molar refractivity (Wildman–Crippen MR) is 80.3 cm³/mol. The topological polar surface area (TPSA) is 83.8 Å². The van der Waals surface area contributed by atoms with Crippen molar-refractivity contribution in [1.82, 2.24) is 29.8 Å². The quantitative estimate of drug-likeness (QED) is 0.677. The zero-order valence-electron chi connectivity index (χ0n) is 12.2. The lowest BCUT2D eigenvalue weighted by atomic mass is 10.1. The number of rotatable bonds is 6. The van der Waals surface area contributed by atoms with Gasteiger partial charge >= 0.3 is 0 Å². The minimum absolute atomic E-state index is 0.407. The van der Waals surface area contributed by atoms with E-state index in [9.17, 15) is 0 Å². The third kappa shape index (κ3) is 3.01. The van der Waals surface area contributed by atoms with Gasteiger partial charge in [0.15, 0.2) is 5.82 Å². The van der Waals surface area contributed by atoms with Crippen molar-refractivity contribution in [2.45, 2.75) is 32.6 Å². The van der Waals surface area contributed by atoms with E-state index in [1.54, 1.807) is 6.20 Å². The fourth-order valence-corrected chi connectivity index (χ4v) is 2.17. The van der Waals surface area contributed by atoms with E-state index in [0.29, 0.717) is 5.92 Å². The summed E-state index contributed by atoms with van der Waals surface area (Å²) >= 11 is 0. The summed E-state index contributed by atoms with van der Waals surface area (Å²) in [6, 6.07) is 2.09. The van der Waals surface area contributed by atoms with E-state index >= 15 is 0 Å². The second-order valence-electron chi connectivity index (χ2n) is 5.29. The molecule has 0 radical (unpaired) electrons. The highest BCUT2D eigenvalue weighted by atomic mass is 15.2. The lowest BCUT2D eigenvalue weighted by Crippen LogP contribution is -2.06. The van der Waals surface area contributed by atoms with Crippen molar-refractivity contribution in [3.8, 4) is 0 Å². The summed E-state index contributed by atoms with van der Waals surface area (Å²) in [5, 5.41) is 14.6. The molecule has 3 aromatic rings. The van der Waals surface area contributed by atoms with E-state index in [1.165, 1.54) is 6.33 Å². The van der Waals surface area contributed by atoms with Gasteiger partial charge in [0.1, 0.15) is 17.7 Å². The van der Waals surface area contributed by atoms with E-state index in [4.69, 9.17) is 0 Å². The first-order valence-corrected chi connectivity index (χ1v) is 7.16. The van der Waals surface area contributed by atoms with Crippen LogP contribution >= 0.6 is 0 Å². The summed E-state index contributed by atoms with van der Waals surface area (Å²) in [5.41, 5.74) is 2.09. The van der Waals surface area contributed by atoms with Crippen molar-refractivity contribution < 1.29 is 0 Å². The first kappa shape index (κ1) is 13.5. The average Bonchev–Trinajstić information content (AvgIpc) is 3.12. The highest BCUT2D eigenvalue weighted by Crippen LogP contribution is 2.19. The molecule has 3 aromatic heterocycles. The van der Waals surface area contributed by atoms with Gasteiger partial charge in [-0.05, 0) is 18.4 Å². The molecule has 0 aromatic carbocycles.